The normalized spacial score (nSPS) is 16.8. The van der Waals surface area contributed by atoms with E-state index in [1.54, 1.807) is 0 Å². The van der Waals surface area contributed by atoms with Crippen LogP contribution in [0.3, 0.4) is 0 Å². The summed E-state index contributed by atoms with van der Waals surface area (Å²) in [6, 6.07) is 0. The summed E-state index contributed by atoms with van der Waals surface area (Å²) in [5.74, 6) is 2.33. The van der Waals surface area contributed by atoms with Gasteiger partial charge in [0.05, 0.1) is 0 Å². The molecule has 78 valence electrons. The van der Waals surface area contributed by atoms with Crippen LogP contribution in [0, 0.1) is 17.8 Å². The molecule has 0 fully saturated rings. The van der Waals surface area contributed by atoms with Crippen molar-refractivity contribution in [3.63, 3.8) is 0 Å². The summed E-state index contributed by atoms with van der Waals surface area (Å²) in [6.45, 7) is 11.5. The molecule has 0 heterocycles. The zero-order chi connectivity index (χ0) is 10.3. The van der Waals surface area contributed by atoms with Crippen LogP contribution in [-0.4, -0.2) is 0 Å². The van der Waals surface area contributed by atoms with Crippen molar-refractivity contribution in [2.75, 3.05) is 0 Å². The minimum atomic E-state index is 0.749. The van der Waals surface area contributed by atoms with Gasteiger partial charge in [-0.15, -0.1) is 0 Å². The van der Waals surface area contributed by atoms with Crippen molar-refractivity contribution >= 4 is 0 Å². The molecule has 0 nitrogen and oxygen atoms in total. The van der Waals surface area contributed by atoms with Gasteiger partial charge in [-0.25, -0.2) is 0 Å². The van der Waals surface area contributed by atoms with E-state index < -0.39 is 0 Å². The predicted octanol–water partition coefficient (Wildman–Crippen LogP) is 4.66. The highest BCUT2D eigenvalue weighted by Crippen LogP contribution is 2.14. The van der Waals surface area contributed by atoms with Crippen LogP contribution in [0.15, 0.2) is 12.2 Å². The third-order valence-corrected chi connectivity index (χ3v) is 2.36. The van der Waals surface area contributed by atoms with Crippen molar-refractivity contribution in [2.24, 2.45) is 17.8 Å². The summed E-state index contributed by atoms with van der Waals surface area (Å²) in [4.78, 5) is 0. The van der Waals surface area contributed by atoms with E-state index in [9.17, 15) is 0 Å². The molecule has 0 aliphatic heterocycles. The second-order valence-corrected chi connectivity index (χ2v) is 4.76. The fourth-order valence-electron chi connectivity index (χ4n) is 1.75. The largest absolute Gasteiger partial charge is 0.0854 e. The smallest absolute Gasteiger partial charge is 0.0259 e. The zero-order valence-electron chi connectivity index (χ0n) is 10.0. The molecule has 0 saturated carbocycles. The lowest BCUT2D eigenvalue weighted by Gasteiger charge is -2.10. The molecule has 0 aromatic carbocycles. The Morgan fingerprint density at radius 1 is 0.923 bits per heavy atom. The van der Waals surface area contributed by atoms with E-state index in [0.29, 0.717) is 0 Å². The molecule has 0 aromatic rings. The Hall–Kier alpha value is -0.260. The highest BCUT2D eigenvalue weighted by Gasteiger charge is 2.01. The van der Waals surface area contributed by atoms with Crippen molar-refractivity contribution in [2.45, 2.75) is 53.9 Å². The highest BCUT2D eigenvalue weighted by molar-refractivity contribution is 4.90. The van der Waals surface area contributed by atoms with Gasteiger partial charge in [-0.3, -0.25) is 0 Å². The lowest BCUT2D eigenvalue weighted by molar-refractivity contribution is 0.499. The standard InChI is InChI=1S/C13H26/c1-6-7-12(4)8-9-13(5)10-11(2)3/h8-9,11-13H,6-7,10H2,1-5H3. The maximum Gasteiger partial charge on any atom is -0.0259 e. The number of allylic oxidation sites excluding steroid dienone is 2. The first-order chi connectivity index (χ1) is 6.06. The lowest BCUT2D eigenvalue weighted by Crippen LogP contribution is -1.97. The fourth-order valence-corrected chi connectivity index (χ4v) is 1.75. The summed E-state index contributed by atoms with van der Waals surface area (Å²) >= 11 is 0. The number of hydrogen-bond donors (Lipinski definition) is 0. The Balaban J connectivity index is 3.68. The van der Waals surface area contributed by atoms with E-state index in [2.05, 4.69) is 46.8 Å². The van der Waals surface area contributed by atoms with E-state index in [1.165, 1.54) is 19.3 Å². The third kappa shape index (κ3) is 8.08. The average Bonchev–Trinajstić information content (AvgIpc) is 2.00. The quantitative estimate of drug-likeness (QED) is 0.524. The van der Waals surface area contributed by atoms with E-state index in [-0.39, 0.29) is 0 Å². The zero-order valence-corrected chi connectivity index (χ0v) is 10.0. The van der Waals surface area contributed by atoms with E-state index in [4.69, 9.17) is 0 Å². The molecular formula is C13H26. The van der Waals surface area contributed by atoms with Crippen LogP contribution in [0.2, 0.25) is 0 Å². The Morgan fingerprint density at radius 2 is 1.46 bits per heavy atom. The van der Waals surface area contributed by atoms with Crippen LogP contribution in [0.25, 0.3) is 0 Å². The Kier molecular flexibility index (Phi) is 7.03. The van der Waals surface area contributed by atoms with Crippen molar-refractivity contribution in [3.8, 4) is 0 Å². The predicted molar refractivity (Wildman–Crippen MR) is 61.8 cm³/mol. The summed E-state index contributed by atoms with van der Waals surface area (Å²) in [7, 11) is 0. The van der Waals surface area contributed by atoms with Gasteiger partial charge in [0.25, 0.3) is 0 Å². The van der Waals surface area contributed by atoms with Gasteiger partial charge in [-0.1, -0.05) is 53.2 Å². The van der Waals surface area contributed by atoms with Crippen molar-refractivity contribution in [1.82, 2.24) is 0 Å². The minimum Gasteiger partial charge on any atom is -0.0854 e. The molecule has 2 atom stereocenters. The van der Waals surface area contributed by atoms with Gasteiger partial charge >= 0.3 is 0 Å². The molecule has 0 N–H and O–H groups in total. The molecule has 0 spiro atoms. The summed E-state index contributed by atoms with van der Waals surface area (Å²) in [5, 5.41) is 0. The Labute approximate surface area is 84.4 Å². The molecule has 0 saturated heterocycles. The van der Waals surface area contributed by atoms with Crippen LogP contribution in [0.5, 0.6) is 0 Å². The van der Waals surface area contributed by atoms with Crippen molar-refractivity contribution in [3.05, 3.63) is 12.2 Å². The van der Waals surface area contributed by atoms with Gasteiger partial charge in [0.2, 0.25) is 0 Å². The summed E-state index contributed by atoms with van der Waals surface area (Å²) in [6.07, 6.45) is 8.71. The van der Waals surface area contributed by atoms with Gasteiger partial charge < -0.3 is 0 Å². The molecular weight excluding hydrogens is 156 g/mol. The first-order valence-electron chi connectivity index (χ1n) is 5.74. The van der Waals surface area contributed by atoms with Crippen LogP contribution >= 0.6 is 0 Å². The molecule has 0 amide bonds. The van der Waals surface area contributed by atoms with Gasteiger partial charge in [-0.2, -0.15) is 0 Å². The maximum absolute atomic E-state index is 2.39. The molecule has 0 bridgehead atoms. The molecule has 0 heteroatoms. The molecule has 0 aliphatic rings. The van der Waals surface area contributed by atoms with Crippen molar-refractivity contribution in [1.29, 1.82) is 0 Å². The van der Waals surface area contributed by atoms with Crippen molar-refractivity contribution < 1.29 is 0 Å². The molecule has 0 aliphatic carbocycles. The maximum atomic E-state index is 2.39. The first kappa shape index (κ1) is 12.7. The van der Waals surface area contributed by atoms with E-state index in [1.807, 2.05) is 0 Å². The SMILES string of the molecule is CCCC(C)C=CC(C)CC(C)C. The van der Waals surface area contributed by atoms with E-state index >= 15 is 0 Å². The highest BCUT2D eigenvalue weighted by atomic mass is 14.1. The van der Waals surface area contributed by atoms with Crippen LogP contribution in [0.4, 0.5) is 0 Å². The molecule has 2 unspecified atom stereocenters. The second-order valence-electron chi connectivity index (χ2n) is 4.76. The number of hydrogen-bond acceptors (Lipinski definition) is 0. The van der Waals surface area contributed by atoms with Crippen LogP contribution in [0.1, 0.15) is 53.9 Å². The second kappa shape index (κ2) is 7.17. The van der Waals surface area contributed by atoms with E-state index in [0.717, 1.165) is 17.8 Å². The Bertz CT molecular complexity index is 133. The Morgan fingerprint density at radius 3 is 1.92 bits per heavy atom. The van der Waals surface area contributed by atoms with Gasteiger partial charge in [0, 0.05) is 0 Å². The summed E-state index contributed by atoms with van der Waals surface area (Å²) in [5.41, 5.74) is 0. The fraction of sp³-hybridized carbons (Fsp3) is 0.846. The molecule has 0 aromatic heterocycles. The van der Waals surface area contributed by atoms with Gasteiger partial charge in [0.15, 0.2) is 0 Å². The molecule has 13 heavy (non-hydrogen) atoms. The third-order valence-electron chi connectivity index (χ3n) is 2.36. The van der Waals surface area contributed by atoms with Gasteiger partial charge in [-0.05, 0) is 30.6 Å². The minimum absolute atomic E-state index is 0.749. The summed E-state index contributed by atoms with van der Waals surface area (Å²) < 4.78 is 0. The molecule has 0 rings (SSSR count). The average molecular weight is 182 g/mol. The topological polar surface area (TPSA) is 0 Å². The van der Waals surface area contributed by atoms with Crippen LogP contribution < -0.4 is 0 Å². The monoisotopic (exact) mass is 182 g/mol. The molecule has 0 radical (unpaired) electrons. The lowest BCUT2D eigenvalue weighted by atomic mass is 9.96. The number of rotatable bonds is 6. The van der Waals surface area contributed by atoms with Crippen LogP contribution in [-0.2, 0) is 0 Å². The first-order valence-corrected chi connectivity index (χ1v) is 5.74. The van der Waals surface area contributed by atoms with Gasteiger partial charge in [0.1, 0.15) is 0 Å².